The number of ether oxygens (including phenoxy) is 2. The first-order chi connectivity index (χ1) is 43.7. The lowest BCUT2D eigenvalue weighted by Crippen LogP contribution is -2.40. The number of aliphatic carboxylic acids is 2. The number of aliphatic hydroxyl groups excluding tert-OH is 1. The van der Waals surface area contributed by atoms with Crippen molar-refractivity contribution in [3.05, 3.63) is 111 Å². The van der Waals surface area contributed by atoms with E-state index in [2.05, 4.69) is 36.2 Å². The number of benzene rings is 1. The molecule has 1 unspecified atom stereocenters. The number of anilines is 1. The van der Waals surface area contributed by atoms with E-state index in [1.54, 1.807) is 70.9 Å². The van der Waals surface area contributed by atoms with Gasteiger partial charge in [-0.25, -0.2) is 39.7 Å². The largest absolute Gasteiger partial charge is 0.481 e. The Hall–Kier alpha value is -8.21. The SMILES string of the molecule is CNC(=O)C[C@H](N)c1nc(C(=O)NC(c2nc(C(=O)NCC(=O)N[C@H](c3nc(-c4nc(-c5nc(-c6nc(N(CCCC(=O)O)C(=O)OC7CCC(C(=O)O)CC7)cs6)ccc5-c5nc(C=O)cs5)cs4)cs3)[C@@H](O)c3ccccc3)c(COC)s2)C(C)C)c(C)s1. The minimum Gasteiger partial charge on any atom is -0.481 e. The number of aromatic nitrogens is 7. The Morgan fingerprint density at radius 1 is 0.747 bits per heavy atom. The quantitative estimate of drug-likeness (QED) is 0.0212. The lowest BCUT2D eigenvalue weighted by atomic mass is 9.87. The Labute approximate surface area is 544 Å². The lowest BCUT2D eigenvalue weighted by molar-refractivity contribution is -0.143. The summed E-state index contributed by atoms with van der Waals surface area (Å²) in [6, 6.07) is 9.65. The highest BCUT2D eigenvalue weighted by atomic mass is 32.1. The number of nitrogens with zero attached hydrogens (tertiary/aromatic N) is 8. The first kappa shape index (κ1) is 67.2. The van der Waals surface area contributed by atoms with Crippen LogP contribution in [0.1, 0.15) is 145 Å². The number of aryl methyl sites for hydroxylation is 1. The molecule has 7 heterocycles. The monoisotopic (exact) mass is 1350 g/mol. The second kappa shape index (κ2) is 30.7. The number of aldehydes is 1. The molecule has 0 radical (unpaired) electrons. The predicted molar refractivity (Wildman–Crippen MR) is 343 cm³/mol. The molecule has 1 saturated carbocycles. The molecule has 4 atom stereocenters. The van der Waals surface area contributed by atoms with Gasteiger partial charge >= 0.3 is 18.0 Å². The Balaban J connectivity index is 0.930. The van der Waals surface area contributed by atoms with Gasteiger partial charge in [0.15, 0.2) is 6.29 Å². The highest BCUT2D eigenvalue weighted by molar-refractivity contribution is 7.15. The minimum absolute atomic E-state index is 0.00443. The van der Waals surface area contributed by atoms with Gasteiger partial charge in [0.05, 0.1) is 41.7 Å². The highest BCUT2D eigenvalue weighted by Gasteiger charge is 2.34. The van der Waals surface area contributed by atoms with Crippen LogP contribution >= 0.6 is 68.0 Å². The van der Waals surface area contributed by atoms with Gasteiger partial charge in [-0.1, -0.05) is 44.2 Å². The number of hydrogen-bond donors (Lipinski definition) is 8. The van der Waals surface area contributed by atoms with Gasteiger partial charge in [-0.2, -0.15) is 0 Å². The van der Waals surface area contributed by atoms with Gasteiger partial charge in [0.25, 0.3) is 11.8 Å². The maximum absolute atomic E-state index is 14.0. The average molecular weight is 1350 g/mol. The van der Waals surface area contributed by atoms with E-state index in [-0.39, 0.29) is 67.1 Å². The van der Waals surface area contributed by atoms with Crippen LogP contribution in [0.25, 0.3) is 43.4 Å². The summed E-state index contributed by atoms with van der Waals surface area (Å²) in [7, 11) is 2.97. The second-order valence-corrected chi connectivity index (χ2v) is 27.0. The number of carbonyl (C=O) groups excluding carboxylic acids is 6. The fraction of sp³-hybridized carbons (Fsp3) is 0.373. The number of carboxylic acids is 2. The van der Waals surface area contributed by atoms with Crippen LogP contribution in [-0.4, -0.2) is 132 Å². The first-order valence-electron chi connectivity index (χ1n) is 28.5. The minimum atomic E-state index is -1.31. The normalized spacial score (nSPS) is 15.3. The number of carboxylic acid groups (broad SMARTS) is 2. The summed E-state index contributed by atoms with van der Waals surface area (Å²) in [6.07, 6.45) is -0.632. The van der Waals surface area contributed by atoms with Crippen LogP contribution in [0.5, 0.6) is 0 Å². The van der Waals surface area contributed by atoms with Crippen molar-refractivity contribution >= 4 is 122 Å². The number of hydrogen-bond acceptors (Lipinski definition) is 25. The molecule has 9 N–H and O–H groups in total. The number of thiazole rings is 6. The number of methoxy groups -OCH3 is 1. The third-order valence-electron chi connectivity index (χ3n) is 14.4. The van der Waals surface area contributed by atoms with Crippen molar-refractivity contribution in [2.24, 2.45) is 17.6 Å². The van der Waals surface area contributed by atoms with Crippen LogP contribution in [0.15, 0.2) is 64.0 Å². The van der Waals surface area contributed by atoms with Crippen LogP contribution in [0.4, 0.5) is 10.6 Å². The topological polar surface area (TPSA) is 383 Å². The number of pyridine rings is 1. The fourth-order valence-corrected chi connectivity index (χ4v) is 15.1. The summed E-state index contributed by atoms with van der Waals surface area (Å²) >= 11 is 7.21. The summed E-state index contributed by atoms with van der Waals surface area (Å²) in [5.74, 6) is -4.59. The third-order valence-corrected chi connectivity index (χ3v) is 20.2. The number of nitrogens with one attached hydrogen (secondary N) is 4. The lowest BCUT2D eigenvalue weighted by Gasteiger charge is -2.28. The van der Waals surface area contributed by atoms with Gasteiger partial charge in [0.2, 0.25) is 11.8 Å². The standard InChI is InChI=1S/C59H63N13O13S6/c1-28(2)44(69-51(80)45-29(3)90-53(70-45)35(60)20-41(74)61-4)57-71-47(39(91-57)23-84-5)50(79)62-21-42(75)68-48(49(78)30-10-7-6-8-11-30)56-66-38(26-88-56)55-65-37(25-87-55)46-34(52-63-32(22-73)24-86-52)17-18-36(64-46)54-67-40(27-89-54)72(19-9-12-43(76)77)59(83)85-33-15-13-31(14-16-33)58(81)82/h6-8,10-11,17-18,22,24-28,31,33,35,44,48-49,78H,9,12-16,19-21,23,60H2,1-5H3,(H,61,74)(H,62,79)(H,68,75)(H,69,80)(H,76,77)(H,81,82)/t31?,33?,35-,44?,48-,49-/m0/s1. The summed E-state index contributed by atoms with van der Waals surface area (Å²) in [4.78, 5) is 138. The molecule has 0 spiro atoms. The average Bonchev–Trinajstić information content (AvgIpc) is 1.72. The predicted octanol–water partition coefficient (Wildman–Crippen LogP) is 8.79. The Bertz CT molecular complexity index is 3930. The molecule has 9 rings (SSSR count). The van der Waals surface area contributed by atoms with Crippen LogP contribution in [-0.2, 0) is 35.3 Å². The molecule has 8 aromatic rings. The van der Waals surface area contributed by atoms with Crippen LogP contribution in [0.3, 0.4) is 0 Å². The molecule has 0 bridgehead atoms. The van der Waals surface area contributed by atoms with Gasteiger partial charge in [0, 0.05) is 65.5 Å². The van der Waals surface area contributed by atoms with Crippen molar-refractivity contribution in [1.29, 1.82) is 0 Å². The third kappa shape index (κ3) is 16.7. The van der Waals surface area contributed by atoms with Gasteiger partial charge in [-0.3, -0.25) is 38.5 Å². The summed E-state index contributed by atoms with van der Waals surface area (Å²) in [6.45, 7) is 4.93. The van der Waals surface area contributed by atoms with Gasteiger partial charge in [-0.05, 0) is 62.6 Å². The Morgan fingerprint density at radius 3 is 2.15 bits per heavy atom. The molecular formula is C59H63N13O13S6. The Kier molecular flexibility index (Phi) is 22.7. The first-order valence-corrected chi connectivity index (χ1v) is 33.6. The zero-order chi connectivity index (χ0) is 65.0. The molecule has 1 fully saturated rings. The van der Waals surface area contributed by atoms with Gasteiger partial charge in [-0.15, -0.1) is 68.0 Å². The molecule has 1 aliphatic rings. The molecule has 0 aliphatic heterocycles. The number of rotatable bonds is 28. The van der Waals surface area contributed by atoms with E-state index >= 15 is 0 Å². The molecule has 7 aromatic heterocycles. The van der Waals surface area contributed by atoms with E-state index in [0.29, 0.717) is 106 Å². The maximum Gasteiger partial charge on any atom is 0.415 e. The number of aliphatic hydroxyl groups is 1. The van der Waals surface area contributed by atoms with Crippen molar-refractivity contribution < 1.29 is 63.1 Å². The molecule has 91 heavy (non-hydrogen) atoms. The van der Waals surface area contributed by atoms with Gasteiger partial charge in [0.1, 0.15) is 88.3 Å². The fourth-order valence-electron chi connectivity index (χ4n) is 9.66. The molecule has 1 aromatic carbocycles. The molecule has 1 aliphatic carbocycles. The molecule has 478 valence electrons. The zero-order valence-electron chi connectivity index (χ0n) is 49.6. The van der Waals surface area contributed by atoms with Crippen LogP contribution in [0.2, 0.25) is 0 Å². The molecule has 5 amide bonds. The van der Waals surface area contributed by atoms with E-state index in [9.17, 15) is 53.7 Å². The molecule has 0 saturated heterocycles. The van der Waals surface area contributed by atoms with E-state index in [4.69, 9.17) is 35.1 Å². The number of nitrogens with two attached hydrogens (primary N) is 1. The van der Waals surface area contributed by atoms with Crippen molar-refractivity contribution in [2.75, 3.05) is 32.1 Å². The van der Waals surface area contributed by atoms with E-state index in [1.807, 2.05) is 13.8 Å². The van der Waals surface area contributed by atoms with Crippen LogP contribution < -0.4 is 31.9 Å². The number of amides is 5. The van der Waals surface area contributed by atoms with E-state index in [1.165, 1.54) is 75.7 Å². The number of carbonyl (C=O) groups is 8. The van der Waals surface area contributed by atoms with Crippen molar-refractivity contribution in [3.8, 4) is 43.4 Å². The van der Waals surface area contributed by atoms with Crippen molar-refractivity contribution in [3.63, 3.8) is 0 Å². The van der Waals surface area contributed by atoms with E-state index < -0.39 is 78.5 Å². The molecular weight excluding hydrogens is 1290 g/mol. The van der Waals surface area contributed by atoms with Crippen LogP contribution in [0, 0.1) is 18.8 Å². The van der Waals surface area contributed by atoms with E-state index in [0.717, 1.165) is 11.3 Å². The van der Waals surface area contributed by atoms with Gasteiger partial charge < -0.3 is 51.8 Å². The van der Waals surface area contributed by atoms with Crippen molar-refractivity contribution in [1.82, 2.24) is 56.2 Å². The summed E-state index contributed by atoms with van der Waals surface area (Å²) < 4.78 is 11.3. The molecule has 26 nitrogen and oxygen atoms in total. The highest BCUT2D eigenvalue weighted by Crippen LogP contribution is 2.40. The van der Waals surface area contributed by atoms with Crippen molar-refractivity contribution in [2.45, 2.75) is 103 Å². The molecule has 32 heteroatoms. The summed E-state index contributed by atoms with van der Waals surface area (Å²) in [5.41, 5.74) is 9.17. The second-order valence-electron chi connectivity index (χ2n) is 21.2. The Morgan fingerprint density at radius 2 is 1.46 bits per heavy atom. The zero-order valence-corrected chi connectivity index (χ0v) is 54.5. The smallest absolute Gasteiger partial charge is 0.415 e. The summed E-state index contributed by atoms with van der Waals surface area (Å²) in [5, 5.41) is 51.1. The maximum atomic E-state index is 14.0.